The number of nitrogens with zero attached hydrogens (tertiary/aromatic N) is 1. The summed E-state index contributed by atoms with van der Waals surface area (Å²) in [7, 11) is 1.62. The first-order valence-electron chi connectivity index (χ1n) is 5.69. The van der Waals surface area contributed by atoms with Crippen molar-refractivity contribution in [2.45, 2.75) is 6.42 Å². The molecule has 2 N–H and O–H groups in total. The van der Waals surface area contributed by atoms with E-state index < -0.39 is 5.97 Å². The van der Waals surface area contributed by atoms with Crippen LogP contribution < -0.4 is 5.73 Å². The summed E-state index contributed by atoms with van der Waals surface area (Å²) in [5, 5.41) is 0. The van der Waals surface area contributed by atoms with Crippen LogP contribution in [0.3, 0.4) is 0 Å². The van der Waals surface area contributed by atoms with Crippen molar-refractivity contribution in [2.75, 3.05) is 39.3 Å². The number of anilines is 1. The molecule has 18 heavy (non-hydrogen) atoms. The third-order valence-corrected chi connectivity index (χ3v) is 2.17. The van der Waals surface area contributed by atoms with Crippen LogP contribution in [0.5, 0.6) is 0 Å². The van der Waals surface area contributed by atoms with E-state index in [1.165, 1.54) is 18.5 Å². The lowest BCUT2D eigenvalue weighted by Crippen LogP contribution is -2.11. The molecular weight excluding hydrogens is 236 g/mol. The molecule has 0 radical (unpaired) electrons. The van der Waals surface area contributed by atoms with E-state index >= 15 is 0 Å². The highest BCUT2D eigenvalue weighted by molar-refractivity contribution is 5.94. The van der Waals surface area contributed by atoms with Crippen LogP contribution in [0.1, 0.15) is 16.8 Å². The van der Waals surface area contributed by atoms with Gasteiger partial charge in [0.05, 0.1) is 37.3 Å². The van der Waals surface area contributed by atoms with Crippen LogP contribution >= 0.6 is 0 Å². The normalized spacial score (nSPS) is 10.3. The molecule has 0 unspecified atom stereocenters. The second-order valence-corrected chi connectivity index (χ2v) is 3.56. The molecule has 1 aromatic rings. The number of hydrogen-bond donors (Lipinski definition) is 1. The Balaban J connectivity index is 2.16. The van der Waals surface area contributed by atoms with Crippen molar-refractivity contribution < 1.29 is 19.0 Å². The molecule has 0 aliphatic rings. The van der Waals surface area contributed by atoms with Crippen molar-refractivity contribution in [1.82, 2.24) is 4.98 Å². The summed E-state index contributed by atoms with van der Waals surface area (Å²) in [6, 6.07) is 1.53. The van der Waals surface area contributed by atoms with Crippen LogP contribution in [-0.4, -0.2) is 44.5 Å². The molecule has 100 valence electrons. The molecular formula is C12H18N2O4. The summed E-state index contributed by atoms with van der Waals surface area (Å²) in [5.74, 6) is -0.438. The van der Waals surface area contributed by atoms with Gasteiger partial charge in [0.25, 0.3) is 0 Å². The highest BCUT2D eigenvalue weighted by Gasteiger charge is 2.10. The van der Waals surface area contributed by atoms with E-state index in [1.54, 1.807) is 7.11 Å². The number of carbonyl (C=O) groups is 1. The number of carbonyl (C=O) groups excluding carboxylic acids is 1. The van der Waals surface area contributed by atoms with Crippen molar-refractivity contribution in [3.63, 3.8) is 0 Å². The summed E-state index contributed by atoms with van der Waals surface area (Å²) in [5.41, 5.74) is 6.26. The zero-order chi connectivity index (χ0) is 13.2. The average Bonchev–Trinajstić information content (AvgIpc) is 2.38. The third-order valence-electron chi connectivity index (χ3n) is 2.17. The van der Waals surface area contributed by atoms with Gasteiger partial charge in [0, 0.05) is 26.3 Å². The standard InChI is InChI=1S/C12H18N2O4/c1-16-7-8-17-5-2-6-18-12(15)10-3-4-14-9-11(10)13/h3-4,9H,2,5-8,13H2,1H3. The maximum Gasteiger partial charge on any atom is 0.340 e. The van der Waals surface area contributed by atoms with Gasteiger partial charge in [-0.05, 0) is 6.07 Å². The first kappa shape index (κ1) is 14.4. The lowest BCUT2D eigenvalue weighted by Gasteiger charge is -2.07. The van der Waals surface area contributed by atoms with E-state index in [4.69, 9.17) is 19.9 Å². The topological polar surface area (TPSA) is 83.7 Å². The van der Waals surface area contributed by atoms with Crippen molar-refractivity contribution in [2.24, 2.45) is 0 Å². The van der Waals surface area contributed by atoms with E-state index in [-0.39, 0.29) is 0 Å². The predicted molar refractivity (Wildman–Crippen MR) is 66.2 cm³/mol. The minimum Gasteiger partial charge on any atom is -0.462 e. The Morgan fingerprint density at radius 3 is 2.89 bits per heavy atom. The number of pyridine rings is 1. The third kappa shape index (κ3) is 5.11. The zero-order valence-electron chi connectivity index (χ0n) is 10.4. The molecule has 0 bridgehead atoms. The highest BCUT2D eigenvalue weighted by atomic mass is 16.5. The summed E-state index contributed by atoms with van der Waals surface area (Å²) >= 11 is 0. The zero-order valence-corrected chi connectivity index (χ0v) is 10.4. The number of ether oxygens (including phenoxy) is 3. The molecule has 6 nitrogen and oxygen atoms in total. The minimum absolute atomic E-state index is 0.299. The Kier molecular flexibility index (Phi) is 6.75. The van der Waals surface area contributed by atoms with Gasteiger partial charge in [0.1, 0.15) is 0 Å². The van der Waals surface area contributed by atoms with Crippen LogP contribution in [0, 0.1) is 0 Å². The van der Waals surface area contributed by atoms with Gasteiger partial charge < -0.3 is 19.9 Å². The Morgan fingerprint density at radius 2 is 2.17 bits per heavy atom. The number of hydrogen-bond acceptors (Lipinski definition) is 6. The molecule has 0 aromatic carbocycles. The van der Waals surface area contributed by atoms with Gasteiger partial charge in [-0.1, -0.05) is 0 Å². The van der Waals surface area contributed by atoms with Gasteiger partial charge >= 0.3 is 5.97 Å². The van der Waals surface area contributed by atoms with Crippen LogP contribution in [0.4, 0.5) is 5.69 Å². The van der Waals surface area contributed by atoms with Crippen molar-refractivity contribution in [3.05, 3.63) is 24.0 Å². The van der Waals surface area contributed by atoms with Crippen LogP contribution in [0.15, 0.2) is 18.5 Å². The summed E-state index contributed by atoms with van der Waals surface area (Å²) in [6.07, 6.45) is 3.56. The molecule has 0 aliphatic heterocycles. The molecule has 1 aromatic heterocycles. The van der Waals surface area contributed by atoms with Crippen molar-refractivity contribution in [1.29, 1.82) is 0 Å². The Labute approximate surface area is 106 Å². The van der Waals surface area contributed by atoms with E-state index in [9.17, 15) is 4.79 Å². The molecule has 1 heterocycles. The van der Waals surface area contributed by atoms with E-state index in [0.29, 0.717) is 44.1 Å². The van der Waals surface area contributed by atoms with Crippen molar-refractivity contribution in [3.8, 4) is 0 Å². The fraction of sp³-hybridized carbons (Fsp3) is 0.500. The molecule has 0 saturated carbocycles. The van der Waals surface area contributed by atoms with Crippen LogP contribution in [-0.2, 0) is 14.2 Å². The van der Waals surface area contributed by atoms with Gasteiger partial charge in [-0.15, -0.1) is 0 Å². The molecule has 6 heteroatoms. The second kappa shape index (κ2) is 8.43. The Hall–Kier alpha value is -1.66. The van der Waals surface area contributed by atoms with Crippen LogP contribution in [0.25, 0.3) is 0 Å². The van der Waals surface area contributed by atoms with E-state index in [1.807, 2.05) is 0 Å². The largest absolute Gasteiger partial charge is 0.462 e. The average molecular weight is 254 g/mol. The number of esters is 1. The number of rotatable bonds is 8. The van der Waals surface area contributed by atoms with E-state index in [0.717, 1.165) is 0 Å². The summed E-state index contributed by atoms with van der Waals surface area (Å²) < 4.78 is 15.1. The number of nitrogens with two attached hydrogens (primary N) is 1. The van der Waals surface area contributed by atoms with Gasteiger partial charge in [-0.25, -0.2) is 4.79 Å². The van der Waals surface area contributed by atoms with E-state index in [2.05, 4.69) is 4.98 Å². The summed E-state index contributed by atoms with van der Waals surface area (Å²) in [6.45, 7) is 1.94. The Morgan fingerprint density at radius 1 is 1.33 bits per heavy atom. The monoisotopic (exact) mass is 254 g/mol. The molecule has 1 rings (SSSR count). The first-order valence-corrected chi connectivity index (χ1v) is 5.69. The second-order valence-electron chi connectivity index (χ2n) is 3.56. The van der Waals surface area contributed by atoms with Gasteiger partial charge in [0.15, 0.2) is 0 Å². The van der Waals surface area contributed by atoms with Gasteiger partial charge in [0.2, 0.25) is 0 Å². The first-order chi connectivity index (χ1) is 8.75. The predicted octanol–water partition coefficient (Wildman–Crippen LogP) is 0.874. The fourth-order valence-electron chi connectivity index (χ4n) is 1.24. The number of aromatic nitrogens is 1. The molecule has 0 saturated heterocycles. The van der Waals surface area contributed by atoms with Crippen LogP contribution in [0.2, 0.25) is 0 Å². The maximum atomic E-state index is 11.6. The fourth-order valence-corrected chi connectivity index (χ4v) is 1.24. The molecule has 0 fully saturated rings. The minimum atomic E-state index is -0.438. The van der Waals surface area contributed by atoms with Gasteiger partial charge in [-0.2, -0.15) is 0 Å². The summed E-state index contributed by atoms with van der Waals surface area (Å²) in [4.78, 5) is 15.4. The lowest BCUT2D eigenvalue weighted by atomic mass is 10.2. The highest BCUT2D eigenvalue weighted by Crippen LogP contribution is 2.10. The Bertz CT molecular complexity index is 371. The SMILES string of the molecule is COCCOCCCOC(=O)c1ccncc1N. The van der Waals surface area contributed by atoms with Gasteiger partial charge in [-0.3, -0.25) is 4.98 Å². The smallest absolute Gasteiger partial charge is 0.340 e. The maximum absolute atomic E-state index is 11.6. The van der Waals surface area contributed by atoms with Crippen molar-refractivity contribution >= 4 is 11.7 Å². The molecule has 0 atom stereocenters. The number of methoxy groups -OCH3 is 1. The molecule has 0 spiro atoms. The molecule has 0 aliphatic carbocycles. The molecule has 0 amide bonds. The quantitative estimate of drug-likeness (QED) is 0.547. The number of nitrogen functional groups attached to an aromatic ring is 1. The lowest BCUT2D eigenvalue weighted by molar-refractivity contribution is 0.0386.